The van der Waals surface area contributed by atoms with Gasteiger partial charge in [-0.1, -0.05) is 0 Å². The molecule has 0 aliphatic carbocycles. The molecule has 170 valence electrons. The number of carbonyl (C=O) groups excluding carboxylic acids is 2. The minimum atomic E-state index is -1.55. The molecule has 0 N–H and O–H groups in total. The van der Waals surface area contributed by atoms with Gasteiger partial charge in [0.25, 0.3) is 0 Å². The minimum absolute atomic E-state index is 0.0736. The predicted octanol–water partition coefficient (Wildman–Crippen LogP) is 4.66. The van der Waals surface area contributed by atoms with Gasteiger partial charge >= 0.3 is 168 Å². The van der Waals surface area contributed by atoms with E-state index >= 15 is 0 Å². The molecular formula is C24H45O4Sn2+3. The van der Waals surface area contributed by atoms with E-state index in [1.54, 1.807) is 44.2 Å². The van der Waals surface area contributed by atoms with Gasteiger partial charge in [-0.3, -0.25) is 0 Å². The third-order valence-corrected chi connectivity index (χ3v) is 9.35. The number of hydrogen-bond acceptors (Lipinski definition) is 4. The molecule has 0 aromatic carbocycles. The fraction of sp³-hybridized carbons (Fsp3) is 0.833. The SMILES string of the molecule is CCCCCCC[CH2][Sn+2][CH2]CCCCCCC.CCC[CH2][Sn+3].O=C([O-])/C=C\C(=O)[O-]. The Morgan fingerprint density at radius 3 is 1.23 bits per heavy atom. The summed E-state index contributed by atoms with van der Waals surface area (Å²) in [5.74, 6) is -3.09. The number of carbonyl (C=O) groups is 2. The van der Waals surface area contributed by atoms with E-state index < -0.39 is 11.9 Å². The summed E-state index contributed by atoms with van der Waals surface area (Å²) in [7, 11) is 0. The van der Waals surface area contributed by atoms with Gasteiger partial charge in [0, 0.05) is 0 Å². The Labute approximate surface area is 210 Å². The first-order valence-electron chi connectivity index (χ1n) is 11.9. The summed E-state index contributed by atoms with van der Waals surface area (Å²) in [5, 5.41) is 18.8. The second-order valence-electron chi connectivity index (χ2n) is 7.36. The monoisotopic (exact) mass is 637 g/mol. The van der Waals surface area contributed by atoms with Crippen LogP contribution in [0.2, 0.25) is 13.3 Å². The molecule has 0 saturated carbocycles. The topological polar surface area (TPSA) is 80.3 Å². The van der Waals surface area contributed by atoms with Crippen LogP contribution >= 0.6 is 0 Å². The summed E-state index contributed by atoms with van der Waals surface area (Å²) in [5.41, 5.74) is 0. The molecule has 0 bridgehead atoms. The van der Waals surface area contributed by atoms with Gasteiger partial charge in [0.1, 0.15) is 0 Å². The molecule has 30 heavy (non-hydrogen) atoms. The van der Waals surface area contributed by atoms with Crippen LogP contribution in [0.4, 0.5) is 0 Å². The molecule has 0 rings (SSSR count). The van der Waals surface area contributed by atoms with Gasteiger partial charge in [-0.05, 0) is 12.2 Å². The van der Waals surface area contributed by atoms with E-state index in [1.165, 1.54) is 81.5 Å². The average molecular weight is 635 g/mol. The molecule has 0 saturated heterocycles. The van der Waals surface area contributed by atoms with Crippen LogP contribution in [0, 0.1) is 0 Å². The van der Waals surface area contributed by atoms with Crippen LogP contribution in [0.3, 0.4) is 0 Å². The summed E-state index contributed by atoms with van der Waals surface area (Å²) in [6, 6.07) is 0. The standard InChI is InChI=1S/2C8H17.C4H4O4.C4H9.2Sn/c2*1-3-5-7-8-6-4-2;5-3(6)1-2-4(7)8;1-3-4-2;;/h2*1,3-8H2,2H3;1-2H,(H,5,6)(H,7,8);1,3-4H2,2H3;;/q;;;;+2;+3/p-2/b;;2-1-;;;. The fourth-order valence-corrected chi connectivity index (χ4v) is 7.08. The van der Waals surface area contributed by atoms with Crippen molar-refractivity contribution in [3.63, 3.8) is 0 Å². The molecule has 0 amide bonds. The first-order chi connectivity index (χ1) is 14.5. The quantitative estimate of drug-likeness (QED) is 0.125. The normalized spacial score (nSPS) is 9.90. The van der Waals surface area contributed by atoms with Crippen molar-refractivity contribution in [3.8, 4) is 0 Å². The first kappa shape index (κ1) is 34.9. The fourth-order valence-electron chi connectivity index (χ4n) is 2.50. The molecule has 0 spiro atoms. The van der Waals surface area contributed by atoms with Crippen LogP contribution in [0.5, 0.6) is 0 Å². The zero-order valence-electron chi connectivity index (χ0n) is 19.8. The Bertz CT molecular complexity index is 342. The summed E-state index contributed by atoms with van der Waals surface area (Å²) >= 11 is 1.76. The van der Waals surface area contributed by atoms with Gasteiger partial charge in [0.2, 0.25) is 0 Å². The Balaban J connectivity index is -0.000000461. The maximum absolute atomic E-state index is 9.41. The third kappa shape index (κ3) is 46.5. The summed E-state index contributed by atoms with van der Waals surface area (Å²) in [4.78, 5) is 18.8. The van der Waals surface area contributed by atoms with Crippen molar-refractivity contribution in [2.75, 3.05) is 0 Å². The smallest absolute Gasteiger partial charge is 0.0643 e. The van der Waals surface area contributed by atoms with Gasteiger partial charge in [0.15, 0.2) is 0 Å². The molecule has 6 heteroatoms. The minimum Gasteiger partial charge on any atom is -0.545 e. The van der Waals surface area contributed by atoms with E-state index in [0.29, 0.717) is 12.2 Å². The second kappa shape index (κ2) is 33.9. The number of hydrogen-bond donors (Lipinski definition) is 0. The maximum atomic E-state index is 9.41. The molecule has 0 fully saturated rings. The Morgan fingerprint density at radius 2 is 0.967 bits per heavy atom. The van der Waals surface area contributed by atoms with Crippen molar-refractivity contribution >= 4 is 55.6 Å². The van der Waals surface area contributed by atoms with E-state index in [2.05, 4.69) is 20.8 Å². The average Bonchev–Trinajstić information content (AvgIpc) is 2.71. The molecule has 0 aromatic rings. The molecule has 0 aromatic heterocycles. The number of carboxylic acids is 2. The summed E-state index contributed by atoms with van der Waals surface area (Å²) in [6.45, 7) is 6.83. The van der Waals surface area contributed by atoms with E-state index in [-0.39, 0.29) is 21.1 Å². The van der Waals surface area contributed by atoms with Gasteiger partial charge in [0.05, 0.1) is 11.9 Å². The van der Waals surface area contributed by atoms with Crippen molar-refractivity contribution in [1.82, 2.24) is 0 Å². The number of unbranched alkanes of at least 4 members (excludes halogenated alkanes) is 11. The summed E-state index contributed by atoms with van der Waals surface area (Å²) in [6.07, 6.45) is 21.4. The Kier molecular flexibility index (Phi) is 39.4. The molecule has 0 unspecified atom stereocenters. The largest absolute Gasteiger partial charge is 0.545 e. The van der Waals surface area contributed by atoms with Crippen LogP contribution in [0.1, 0.15) is 111 Å². The Hall–Kier alpha value is 0.277. The van der Waals surface area contributed by atoms with Crippen molar-refractivity contribution < 1.29 is 19.8 Å². The second-order valence-corrected chi connectivity index (χ2v) is 13.1. The van der Waals surface area contributed by atoms with Gasteiger partial charge in [-0.2, -0.15) is 0 Å². The van der Waals surface area contributed by atoms with Gasteiger partial charge in [-0.25, -0.2) is 0 Å². The number of carboxylic acid groups (broad SMARTS) is 2. The molecule has 0 atom stereocenters. The molecule has 4 nitrogen and oxygen atoms in total. The van der Waals surface area contributed by atoms with Crippen molar-refractivity contribution in [1.29, 1.82) is 0 Å². The van der Waals surface area contributed by atoms with E-state index in [0.717, 1.165) is 0 Å². The van der Waals surface area contributed by atoms with E-state index in [9.17, 15) is 19.8 Å². The predicted molar refractivity (Wildman–Crippen MR) is 127 cm³/mol. The molecule has 0 heterocycles. The molecular weight excluding hydrogens is 590 g/mol. The van der Waals surface area contributed by atoms with Crippen LogP contribution in [0.15, 0.2) is 12.2 Å². The molecule has 0 radical (unpaired) electrons. The van der Waals surface area contributed by atoms with Gasteiger partial charge < -0.3 is 19.8 Å². The van der Waals surface area contributed by atoms with Crippen molar-refractivity contribution in [3.05, 3.63) is 12.2 Å². The van der Waals surface area contributed by atoms with Crippen LogP contribution in [0.25, 0.3) is 0 Å². The third-order valence-electron chi connectivity index (χ3n) is 4.30. The van der Waals surface area contributed by atoms with Crippen LogP contribution in [-0.2, 0) is 9.59 Å². The molecule has 0 aliphatic heterocycles. The Morgan fingerprint density at radius 1 is 0.633 bits per heavy atom. The van der Waals surface area contributed by atoms with Crippen molar-refractivity contribution in [2.24, 2.45) is 0 Å². The van der Waals surface area contributed by atoms with Crippen LogP contribution in [-0.4, -0.2) is 55.6 Å². The zero-order valence-corrected chi connectivity index (χ0v) is 25.5. The first-order valence-corrected chi connectivity index (χ1v) is 18.0. The van der Waals surface area contributed by atoms with E-state index in [1.807, 2.05) is 0 Å². The van der Waals surface area contributed by atoms with E-state index in [4.69, 9.17) is 0 Å². The maximum Gasteiger partial charge on any atom is 0.0643 e. The number of rotatable bonds is 18. The van der Waals surface area contributed by atoms with Gasteiger partial charge in [-0.15, -0.1) is 0 Å². The summed E-state index contributed by atoms with van der Waals surface area (Å²) < 4.78 is 4.75. The van der Waals surface area contributed by atoms with Crippen molar-refractivity contribution in [2.45, 2.75) is 124 Å². The molecule has 0 aliphatic rings. The van der Waals surface area contributed by atoms with Crippen LogP contribution < -0.4 is 10.2 Å². The zero-order chi connectivity index (χ0) is 23.3. The number of aliphatic carboxylic acids is 2.